The summed E-state index contributed by atoms with van der Waals surface area (Å²) in [6, 6.07) is 0. The fraction of sp³-hybridized carbons (Fsp3) is 1.00. The van der Waals surface area contributed by atoms with Crippen molar-refractivity contribution in [3.63, 3.8) is 0 Å². The van der Waals surface area contributed by atoms with E-state index in [0.717, 1.165) is 25.9 Å². The highest BCUT2D eigenvalue weighted by Crippen LogP contribution is 2.31. The molecule has 0 aromatic heterocycles. The SMILES string of the molecule is CCCCCCCCC(CCNCCCC)C(OC)(OC)OC. The number of nitrogens with one attached hydrogen (secondary N) is 1. The Hall–Kier alpha value is -0.160. The van der Waals surface area contributed by atoms with E-state index in [4.69, 9.17) is 14.2 Å². The molecule has 0 radical (unpaired) electrons. The maximum atomic E-state index is 5.60. The molecule has 0 aromatic rings. The molecule has 1 atom stereocenters. The van der Waals surface area contributed by atoms with Crippen molar-refractivity contribution in [1.82, 2.24) is 5.32 Å². The molecule has 0 aromatic carbocycles. The fourth-order valence-corrected chi connectivity index (χ4v) is 3.12. The van der Waals surface area contributed by atoms with Gasteiger partial charge in [-0.05, 0) is 32.4 Å². The second-order valence-corrected chi connectivity index (χ2v) is 6.36. The Labute approximate surface area is 144 Å². The highest BCUT2D eigenvalue weighted by atomic mass is 16.9. The third-order valence-electron chi connectivity index (χ3n) is 4.64. The average molecular weight is 332 g/mol. The van der Waals surface area contributed by atoms with Gasteiger partial charge in [0.25, 0.3) is 5.97 Å². The van der Waals surface area contributed by atoms with Crippen LogP contribution in [0.2, 0.25) is 0 Å². The first-order chi connectivity index (χ1) is 11.2. The molecule has 0 saturated heterocycles. The van der Waals surface area contributed by atoms with Gasteiger partial charge in [0, 0.05) is 27.2 Å². The lowest BCUT2D eigenvalue weighted by molar-refractivity contribution is -0.380. The maximum absolute atomic E-state index is 5.60. The van der Waals surface area contributed by atoms with Crippen LogP contribution in [-0.2, 0) is 14.2 Å². The lowest BCUT2D eigenvalue weighted by Crippen LogP contribution is -2.45. The molecule has 0 aliphatic rings. The molecule has 1 unspecified atom stereocenters. The molecule has 0 bridgehead atoms. The molecule has 4 heteroatoms. The summed E-state index contributed by atoms with van der Waals surface area (Å²) < 4.78 is 16.8. The van der Waals surface area contributed by atoms with Crippen LogP contribution in [0.25, 0.3) is 0 Å². The number of rotatable bonds is 17. The third-order valence-corrected chi connectivity index (χ3v) is 4.64. The van der Waals surface area contributed by atoms with Crippen molar-refractivity contribution in [2.24, 2.45) is 5.92 Å². The van der Waals surface area contributed by atoms with Crippen molar-refractivity contribution in [2.75, 3.05) is 34.4 Å². The molecule has 0 saturated carbocycles. The first kappa shape index (κ1) is 22.8. The van der Waals surface area contributed by atoms with Gasteiger partial charge in [-0.15, -0.1) is 0 Å². The van der Waals surface area contributed by atoms with Crippen LogP contribution < -0.4 is 5.32 Å². The molecule has 4 nitrogen and oxygen atoms in total. The van der Waals surface area contributed by atoms with Crippen LogP contribution >= 0.6 is 0 Å². The molecule has 140 valence electrons. The molecule has 23 heavy (non-hydrogen) atoms. The Balaban J connectivity index is 4.31. The molecule has 0 rings (SSSR count). The van der Waals surface area contributed by atoms with E-state index in [2.05, 4.69) is 19.2 Å². The average Bonchev–Trinajstić information content (AvgIpc) is 2.58. The van der Waals surface area contributed by atoms with Crippen molar-refractivity contribution >= 4 is 0 Å². The molecular weight excluding hydrogens is 290 g/mol. The Kier molecular flexibility index (Phi) is 15.3. The summed E-state index contributed by atoms with van der Waals surface area (Å²) in [7, 11) is 5.02. The van der Waals surface area contributed by atoms with Crippen molar-refractivity contribution in [2.45, 2.75) is 84.0 Å². The molecule has 0 spiro atoms. The van der Waals surface area contributed by atoms with E-state index < -0.39 is 5.97 Å². The summed E-state index contributed by atoms with van der Waals surface area (Å²) >= 11 is 0. The molecule has 0 aliphatic carbocycles. The summed E-state index contributed by atoms with van der Waals surface area (Å²) in [4.78, 5) is 0. The van der Waals surface area contributed by atoms with Crippen molar-refractivity contribution in [3.05, 3.63) is 0 Å². The summed E-state index contributed by atoms with van der Waals surface area (Å²) in [6.45, 7) is 6.54. The zero-order valence-electron chi connectivity index (χ0n) is 16.3. The van der Waals surface area contributed by atoms with Gasteiger partial charge in [-0.25, -0.2) is 0 Å². The zero-order chi connectivity index (χ0) is 17.4. The minimum absolute atomic E-state index is 0.253. The van der Waals surface area contributed by atoms with Gasteiger partial charge >= 0.3 is 0 Å². The first-order valence-corrected chi connectivity index (χ1v) is 9.56. The topological polar surface area (TPSA) is 39.7 Å². The quantitative estimate of drug-likeness (QED) is 0.309. The van der Waals surface area contributed by atoms with Gasteiger partial charge < -0.3 is 19.5 Å². The van der Waals surface area contributed by atoms with Gasteiger partial charge in [0.1, 0.15) is 0 Å². The second-order valence-electron chi connectivity index (χ2n) is 6.36. The molecule has 0 fully saturated rings. The number of hydrogen-bond acceptors (Lipinski definition) is 4. The van der Waals surface area contributed by atoms with Crippen LogP contribution in [0.15, 0.2) is 0 Å². The molecule has 0 amide bonds. The van der Waals surface area contributed by atoms with Crippen LogP contribution in [0.4, 0.5) is 0 Å². The second kappa shape index (κ2) is 15.4. The largest absolute Gasteiger partial charge is 0.331 e. The minimum Gasteiger partial charge on any atom is -0.331 e. The van der Waals surface area contributed by atoms with Gasteiger partial charge in [0.05, 0.1) is 0 Å². The third kappa shape index (κ3) is 9.65. The van der Waals surface area contributed by atoms with Gasteiger partial charge in [-0.3, -0.25) is 0 Å². The molecule has 1 N–H and O–H groups in total. The first-order valence-electron chi connectivity index (χ1n) is 9.56. The number of hydrogen-bond donors (Lipinski definition) is 1. The van der Waals surface area contributed by atoms with E-state index in [0.29, 0.717) is 0 Å². The van der Waals surface area contributed by atoms with E-state index in [1.54, 1.807) is 21.3 Å². The van der Waals surface area contributed by atoms with Crippen LogP contribution in [0.3, 0.4) is 0 Å². The fourth-order valence-electron chi connectivity index (χ4n) is 3.12. The Morgan fingerprint density at radius 3 is 1.83 bits per heavy atom. The Morgan fingerprint density at radius 1 is 0.696 bits per heavy atom. The lowest BCUT2D eigenvalue weighted by Gasteiger charge is -2.36. The van der Waals surface area contributed by atoms with Gasteiger partial charge in [0.2, 0.25) is 0 Å². The van der Waals surface area contributed by atoms with Gasteiger partial charge in [0.15, 0.2) is 0 Å². The Morgan fingerprint density at radius 2 is 1.26 bits per heavy atom. The van der Waals surface area contributed by atoms with Crippen molar-refractivity contribution in [3.8, 4) is 0 Å². The van der Waals surface area contributed by atoms with Gasteiger partial charge in [-0.1, -0.05) is 58.8 Å². The van der Waals surface area contributed by atoms with Crippen LogP contribution in [0.1, 0.15) is 78.1 Å². The van der Waals surface area contributed by atoms with E-state index in [1.807, 2.05) is 0 Å². The normalized spacial score (nSPS) is 13.4. The summed E-state index contributed by atoms with van der Waals surface area (Å²) in [6.07, 6.45) is 12.4. The monoisotopic (exact) mass is 331 g/mol. The number of unbranched alkanes of at least 4 members (excludes halogenated alkanes) is 6. The predicted molar refractivity (Wildman–Crippen MR) is 97.6 cm³/mol. The summed E-state index contributed by atoms with van der Waals surface area (Å²) in [5.41, 5.74) is 0. The van der Waals surface area contributed by atoms with E-state index >= 15 is 0 Å². The standard InChI is InChI=1S/C19H41NO3/c1-6-8-10-11-12-13-14-18(15-17-20-16-9-7-2)19(21-3,22-4)23-5/h18,20H,6-17H2,1-5H3. The van der Waals surface area contributed by atoms with E-state index in [-0.39, 0.29) is 5.92 Å². The Bertz CT molecular complexity index is 237. The predicted octanol–water partition coefficient (Wildman–Crippen LogP) is 4.73. The van der Waals surface area contributed by atoms with E-state index in [9.17, 15) is 0 Å². The highest BCUT2D eigenvalue weighted by molar-refractivity contribution is 4.72. The van der Waals surface area contributed by atoms with Gasteiger partial charge in [-0.2, -0.15) is 0 Å². The smallest absolute Gasteiger partial charge is 0.285 e. The number of ether oxygens (including phenoxy) is 3. The molecule has 0 aliphatic heterocycles. The maximum Gasteiger partial charge on any atom is 0.285 e. The minimum atomic E-state index is -0.907. The zero-order valence-corrected chi connectivity index (χ0v) is 16.3. The van der Waals surface area contributed by atoms with Crippen LogP contribution in [-0.4, -0.2) is 40.4 Å². The summed E-state index contributed by atoms with van der Waals surface area (Å²) in [5, 5.41) is 3.51. The lowest BCUT2D eigenvalue weighted by atomic mass is 9.94. The molecule has 0 heterocycles. The number of methoxy groups -OCH3 is 3. The van der Waals surface area contributed by atoms with Crippen LogP contribution in [0.5, 0.6) is 0 Å². The highest BCUT2D eigenvalue weighted by Gasteiger charge is 2.39. The van der Waals surface area contributed by atoms with Crippen molar-refractivity contribution in [1.29, 1.82) is 0 Å². The van der Waals surface area contributed by atoms with Crippen LogP contribution in [0, 0.1) is 5.92 Å². The van der Waals surface area contributed by atoms with Crippen molar-refractivity contribution < 1.29 is 14.2 Å². The van der Waals surface area contributed by atoms with E-state index in [1.165, 1.54) is 51.4 Å². The molecular formula is C19H41NO3. The summed E-state index contributed by atoms with van der Waals surface area (Å²) in [5.74, 6) is -0.654.